The first-order valence-corrected chi connectivity index (χ1v) is 10.6. The van der Waals surface area contributed by atoms with Crippen LogP contribution in [0.2, 0.25) is 5.02 Å². The molecule has 0 atom stereocenters. The van der Waals surface area contributed by atoms with Crippen LogP contribution in [-0.2, 0) is 9.59 Å². The third kappa shape index (κ3) is 9.74. The van der Waals surface area contributed by atoms with Gasteiger partial charge < -0.3 is 0 Å². The number of hydrogen-bond acceptors (Lipinski definition) is 3. The molecule has 0 spiro atoms. The van der Waals surface area contributed by atoms with Crippen LogP contribution in [-0.4, -0.2) is 18.4 Å². The summed E-state index contributed by atoms with van der Waals surface area (Å²) in [6.45, 7) is 14.9. The fourth-order valence-electron chi connectivity index (χ4n) is 1.97. The van der Waals surface area contributed by atoms with Crippen LogP contribution in [0.3, 0.4) is 0 Å². The van der Waals surface area contributed by atoms with E-state index in [9.17, 15) is 27.2 Å². The lowest BCUT2D eigenvalue weighted by Gasteiger charge is -2.24. The maximum atomic E-state index is 14.4. The van der Waals surface area contributed by atoms with Crippen molar-refractivity contribution in [1.82, 2.24) is 0 Å². The van der Waals surface area contributed by atoms with Crippen molar-refractivity contribution in [3.05, 3.63) is 57.9 Å². The van der Waals surface area contributed by atoms with Crippen LogP contribution in [0.5, 0.6) is 0 Å². The molecule has 0 aliphatic rings. The second-order valence-corrected chi connectivity index (χ2v) is 6.84. The highest BCUT2D eigenvalue weighted by atomic mass is 35.5. The van der Waals surface area contributed by atoms with Gasteiger partial charge in [0.05, 0.1) is 10.7 Å². The topological polar surface area (TPSA) is 37.4 Å². The van der Waals surface area contributed by atoms with Gasteiger partial charge in [-0.3, -0.25) is 14.5 Å². The number of anilines is 1. The average Bonchev–Trinajstić information content (AvgIpc) is 2.71. The molecule has 0 N–H and O–H groups in total. The fourth-order valence-corrected chi connectivity index (χ4v) is 2.98. The molecule has 1 amide bonds. The van der Waals surface area contributed by atoms with Crippen LogP contribution < -0.4 is 4.90 Å². The Balaban J connectivity index is 0. The van der Waals surface area contributed by atoms with Gasteiger partial charge in [-0.05, 0) is 32.1 Å². The lowest BCUT2D eigenvalue weighted by atomic mass is 10.2. The molecular weight excluding hydrogens is 454 g/mol. The van der Waals surface area contributed by atoms with Gasteiger partial charge in [0, 0.05) is 28.0 Å². The SMILES string of the molecule is C=C(/C=C(\C)C(F)(F)F)N(C(C)=O)c1cc(SC(C=O)=CC)c(Cl)cc1F.CC.CC. The number of aldehydes is 1. The predicted molar refractivity (Wildman–Crippen MR) is 122 cm³/mol. The molecule has 0 heterocycles. The van der Waals surface area contributed by atoms with Gasteiger partial charge in [0.1, 0.15) is 5.82 Å². The summed E-state index contributed by atoms with van der Waals surface area (Å²) in [7, 11) is 0. The van der Waals surface area contributed by atoms with Gasteiger partial charge in [-0.25, -0.2) is 4.39 Å². The van der Waals surface area contributed by atoms with Gasteiger partial charge in [-0.2, -0.15) is 13.2 Å². The van der Waals surface area contributed by atoms with E-state index in [1.807, 2.05) is 27.7 Å². The van der Waals surface area contributed by atoms with E-state index in [0.717, 1.165) is 31.7 Å². The normalized spacial score (nSPS) is 11.5. The Kier molecular flexibility index (Phi) is 14.9. The second-order valence-electron chi connectivity index (χ2n) is 5.32. The zero-order chi connectivity index (χ0) is 24.9. The van der Waals surface area contributed by atoms with Crippen LogP contribution in [0.15, 0.2) is 51.9 Å². The van der Waals surface area contributed by atoms with Gasteiger partial charge >= 0.3 is 6.18 Å². The van der Waals surface area contributed by atoms with Crippen LogP contribution >= 0.6 is 23.4 Å². The van der Waals surface area contributed by atoms with Crippen LogP contribution in [0.1, 0.15) is 48.5 Å². The molecule has 0 aliphatic heterocycles. The summed E-state index contributed by atoms with van der Waals surface area (Å²) in [4.78, 5) is 24.2. The molecule has 0 aliphatic carbocycles. The highest BCUT2D eigenvalue weighted by molar-refractivity contribution is 8.04. The van der Waals surface area contributed by atoms with E-state index < -0.39 is 23.5 Å². The third-order valence-electron chi connectivity index (χ3n) is 3.30. The van der Waals surface area contributed by atoms with Crippen LogP contribution in [0, 0.1) is 5.82 Å². The molecule has 0 fully saturated rings. The largest absolute Gasteiger partial charge is 0.412 e. The predicted octanol–water partition coefficient (Wildman–Crippen LogP) is 8.10. The first kappa shape index (κ1) is 31.1. The molecule has 1 rings (SSSR count). The number of allylic oxidation sites excluding steroid dienone is 4. The van der Waals surface area contributed by atoms with Crippen molar-refractivity contribution >= 4 is 41.2 Å². The molecule has 174 valence electrons. The van der Waals surface area contributed by atoms with Crippen molar-refractivity contribution in [2.45, 2.75) is 59.5 Å². The maximum absolute atomic E-state index is 14.4. The van der Waals surface area contributed by atoms with E-state index in [0.29, 0.717) is 17.3 Å². The van der Waals surface area contributed by atoms with E-state index in [1.54, 1.807) is 6.92 Å². The Morgan fingerprint density at radius 3 is 2.06 bits per heavy atom. The molecule has 0 unspecified atom stereocenters. The number of carbonyl (C=O) groups excluding carboxylic acids is 2. The number of amides is 1. The Hall–Kier alpha value is -2.06. The lowest BCUT2D eigenvalue weighted by Crippen LogP contribution is -2.28. The molecule has 31 heavy (non-hydrogen) atoms. The molecule has 0 bridgehead atoms. The van der Waals surface area contributed by atoms with Gasteiger partial charge in [-0.1, -0.05) is 63.7 Å². The maximum Gasteiger partial charge on any atom is 0.412 e. The van der Waals surface area contributed by atoms with Gasteiger partial charge in [-0.15, -0.1) is 0 Å². The lowest BCUT2D eigenvalue weighted by molar-refractivity contribution is -0.116. The van der Waals surface area contributed by atoms with E-state index >= 15 is 0 Å². The Morgan fingerprint density at radius 1 is 1.16 bits per heavy atom. The molecule has 0 saturated heterocycles. The molecule has 3 nitrogen and oxygen atoms in total. The molecule has 0 aromatic heterocycles. The molecule has 1 aromatic carbocycles. The second kappa shape index (κ2) is 14.9. The van der Waals surface area contributed by atoms with Crippen molar-refractivity contribution in [2.24, 2.45) is 0 Å². The van der Waals surface area contributed by atoms with E-state index in [1.165, 1.54) is 12.1 Å². The molecular formula is C22H28ClF4NO2S. The zero-order valence-electron chi connectivity index (χ0n) is 18.7. The number of carbonyl (C=O) groups is 2. The first-order valence-electron chi connectivity index (χ1n) is 9.45. The van der Waals surface area contributed by atoms with Crippen LogP contribution in [0.25, 0.3) is 0 Å². The number of nitrogens with zero attached hydrogens (tertiary/aromatic N) is 1. The minimum Gasteiger partial charge on any atom is -0.297 e. The highest BCUT2D eigenvalue weighted by Crippen LogP contribution is 2.38. The van der Waals surface area contributed by atoms with Crippen LogP contribution in [0.4, 0.5) is 23.2 Å². The Labute approximate surface area is 190 Å². The summed E-state index contributed by atoms with van der Waals surface area (Å²) in [5.74, 6) is -1.67. The molecule has 0 saturated carbocycles. The van der Waals surface area contributed by atoms with Gasteiger partial charge in [0.15, 0.2) is 6.29 Å². The molecule has 1 aromatic rings. The minimum absolute atomic E-state index is 0.0152. The number of benzene rings is 1. The number of hydrogen-bond donors (Lipinski definition) is 0. The van der Waals surface area contributed by atoms with Gasteiger partial charge in [0.25, 0.3) is 0 Å². The first-order chi connectivity index (χ1) is 14.4. The number of rotatable bonds is 6. The summed E-state index contributed by atoms with van der Waals surface area (Å²) in [5, 5.41) is -0.0152. The monoisotopic (exact) mass is 481 g/mol. The van der Waals surface area contributed by atoms with E-state index in [-0.39, 0.29) is 26.2 Å². The Morgan fingerprint density at radius 2 is 1.68 bits per heavy atom. The third-order valence-corrected chi connectivity index (χ3v) is 4.85. The summed E-state index contributed by atoms with van der Waals surface area (Å²) in [6, 6.07) is 2.10. The quantitative estimate of drug-likeness (QED) is 0.135. The van der Waals surface area contributed by atoms with Gasteiger partial charge in [0.2, 0.25) is 5.91 Å². The number of thioether (sulfide) groups is 1. The summed E-state index contributed by atoms with van der Waals surface area (Å²) >= 11 is 6.91. The summed E-state index contributed by atoms with van der Waals surface area (Å²) in [6.07, 6.45) is -1.89. The highest BCUT2D eigenvalue weighted by Gasteiger charge is 2.31. The standard InChI is InChI=1S/C18H16ClF4NO2S.2C2H6/c1-5-13(9-25)27-17-8-16(15(20)7-14(17)19)24(12(4)26)11(3)6-10(2)18(21,22)23;2*1-2/h5-9H,3H2,1-2,4H3;2*1-2H3/b10-6+,13-5?;;. The Bertz CT molecular complexity index is 834. The summed E-state index contributed by atoms with van der Waals surface area (Å²) < 4.78 is 52.7. The fraction of sp³-hybridized carbons (Fsp3) is 0.364. The molecule has 0 radical (unpaired) electrons. The molecule has 9 heteroatoms. The summed E-state index contributed by atoms with van der Waals surface area (Å²) in [5.41, 5.74) is -1.69. The number of halogens is 5. The van der Waals surface area contributed by atoms with Crippen molar-refractivity contribution in [3.8, 4) is 0 Å². The average molecular weight is 482 g/mol. The number of alkyl halides is 3. The zero-order valence-corrected chi connectivity index (χ0v) is 20.2. The van der Waals surface area contributed by atoms with Crippen molar-refractivity contribution < 1.29 is 27.2 Å². The van der Waals surface area contributed by atoms with Crippen molar-refractivity contribution in [2.75, 3.05) is 4.90 Å². The minimum atomic E-state index is -4.62. The van der Waals surface area contributed by atoms with Crippen molar-refractivity contribution in [3.63, 3.8) is 0 Å². The smallest absolute Gasteiger partial charge is 0.297 e. The van der Waals surface area contributed by atoms with E-state index in [4.69, 9.17) is 11.6 Å². The van der Waals surface area contributed by atoms with E-state index in [2.05, 4.69) is 6.58 Å². The van der Waals surface area contributed by atoms with Crippen molar-refractivity contribution in [1.29, 1.82) is 0 Å².